The van der Waals surface area contributed by atoms with Crippen LogP contribution < -0.4 is 4.90 Å². The zero-order valence-corrected chi connectivity index (χ0v) is 14.4. The van der Waals surface area contributed by atoms with Crippen molar-refractivity contribution < 1.29 is 4.79 Å². The first-order valence-corrected chi connectivity index (χ1v) is 8.98. The second-order valence-corrected chi connectivity index (χ2v) is 6.88. The molecule has 0 bridgehead atoms. The molecule has 0 unspecified atom stereocenters. The maximum absolute atomic E-state index is 12.7. The van der Waals surface area contributed by atoms with Crippen molar-refractivity contribution in [2.24, 2.45) is 0 Å². The molecule has 1 fully saturated rings. The lowest BCUT2D eigenvalue weighted by Gasteiger charge is -2.23. The SMILES string of the molecule is Cc1cc(N2CCCN(C(=O)c3cn4ccsc4n3)CC2)ccn1. The minimum absolute atomic E-state index is 0.0265. The van der Waals surface area contributed by atoms with Crippen LogP contribution in [0.5, 0.6) is 0 Å². The number of amides is 1. The Morgan fingerprint density at radius 1 is 1.25 bits per heavy atom. The first kappa shape index (κ1) is 15.1. The highest BCUT2D eigenvalue weighted by Crippen LogP contribution is 2.18. The second-order valence-electron chi connectivity index (χ2n) is 6.01. The summed E-state index contributed by atoms with van der Waals surface area (Å²) >= 11 is 1.54. The van der Waals surface area contributed by atoms with Crippen LogP contribution in [0.2, 0.25) is 0 Å². The van der Waals surface area contributed by atoms with E-state index in [-0.39, 0.29) is 5.91 Å². The van der Waals surface area contributed by atoms with Gasteiger partial charge in [-0.2, -0.15) is 0 Å². The number of aromatic nitrogens is 3. The quantitative estimate of drug-likeness (QED) is 0.718. The van der Waals surface area contributed by atoms with Crippen LogP contribution in [-0.4, -0.2) is 51.4 Å². The van der Waals surface area contributed by atoms with E-state index in [0.29, 0.717) is 12.2 Å². The molecule has 0 radical (unpaired) electrons. The number of hydrogen-bond donors (Lipinski definition) is 0. The predicted octanol–water partition coefficient (Wildman–Crippen LogP) is 2.45. The average Bonchev–Trinajstić information content (AvgIpc) is 3.08. The van der Waals surface area contributed by atoms with Gasteiger partial charge < -0.3 is 9.80 Å². The summed E-state index contributed by atoms with van der Waals surface area (Å²) in [5, 5.41) is 1.97. The molecular formula is C17H19N5OS. The highest BCUT2D eigenvalue weighted by atomic mass is 32.1. The number of carbonyl (C=O) groups excluding carboxylic acids is 1. The summed E-state index contributed by atoms with van der Waals surface area (Å²) in [5.41, 5.74) is 2.73. The smallest absolute Gasteiger partial charge is 0.274 e. The molecule has 4 heterocycles. The molecule has 1 saturated heterocycles. The monoisotopic (exact) mass is 341 g/mol. The van der Waals surface area contributed by atoms with Crippen molar-refractivity contribution in [3.63, 3.8) is 0 Å². The van der Waals surface area contributed by atoms with Gasteiger partial charge in [-0.1, -0.05) is 0 Å². The lowest BCUT2D eigenvalue weighted by molar-refractivity contribution is 0.0762. The molecule has 0 aliphatic carbocycles. The van der Waals surface area contributed by atoms with E-state index in [2.05, 4.69) is 20.9 Å². The Kier molecular flexibility index (Phi) is 3.93. The van der Waals surface area contributed by atoms with Crippen LogP contribution in [0.3, 0.4) is 0 Å². The number of thiazole rings is 1. The van der Waals surface area contributed by atoms with Gasteiger partial charge in [-0.25, -0.2) is 4.98 Å². The van der Waals surface area contributed by atoms with Crippen molar-refractivity contribution in [3.05, 3.63) is 47.5 Å². The lowest BCUT2D eigenvalue weighted by Crippen LogP contribution is -2.35. The first-order valence-electron chi connectivity index (χ1n) is 8.10. The van der Waals surface area contributed by atoms with Crippen LogP contribution in [0.25, 0.3) is 4.96 Å². The summed E-state index contributed by atoms with van der Waals surface area (Å²) in [7, 11) is 0. The Morgan fingerprint density at radius 2 is 2.17 bits per heavy atom. The number of aryl methyl sites for hydroxylation is 1. The highest BCUT2D eigenvalue weighted by Gasteiger charge is 2.22. The summed E-state index contributed by atoms with van der Waals surface area (Å²) in [4.78, 5) is 26.5. The predicted molar refractivity (Wildman–Crippen MR) is 94.8 cm³/mol. The van der Waals surface area contributed by atoms with Gasteiger partial charge >= 0.3 is 0 Å². The van der Waals surface area contributed by atoms with Crippen molar-refractivity contribution in [2.75, 3.05) is 31.1 Å². The van der Waals surface area contributed by atoms with Gasteiger partial charge in [-0.3, -0.25) is 14.2 Å². The van der Waals surface area contributed by atoms with Crippen LogP contribution in [0, 0.1) is 6.92 Å². The van der Waals surface area contributed by atoms with Crippen molar-refractivity contribution in [1.82, 2.24) is 19.3 Å². The van der Waals surface area contributed by atoms with Gasteiger partial charge in [0.15, 0.2) is 4.96 Å². The van der Waals surface area contributed by atoms with E-state index >= 15 is 0 Å². The van der Waals surface area contributed by atoms with Gasteiger partial charge in [0.1, 0.15) is 5.69 Å². The van der Waals surface area contributed by atoms with Crippen molar-refractivity contribution >= 4 is 27.9 Å². The number of anilines is 1. The Balaban J connectivity index is 1.48. The van der Waals surface area contributed by atoms with Gasteiger partial charge in [-0.15, -0.1) is 11.3 Å². The number of nitrogens with zero attached hydrogens (tertiary/aromatic N) is 5. The van der Waals surface area contributed by atoms with Gasteiger partial charge in [0, 0.05) is 61.5 Å². The molecule has 7 heteroatoms. The molecule has 0 atom stereocenters. The van der Waals surface area contributed by atoms with Crippen LogP contribution in [0.4, 0.5) is 5.69 Å². The molecule has 1 aliphatic rings. The van der Waals surface area contributed by atoms with Crippen LogP contribution in [0.15, 0.2) is 36.1 Å². The molecule has 1 aliphatic heterocycles. The van der Waals surface area contributed by atoms with Gasteiger partial charge in [0.05, 0.1) is 0 Å². The molecule has 124 valence electrons. The number of pyridine rings is 1. The highest BCUT2D eigenvalue weighted by molar-refractivity contribution is 7.15. The Bertz CT molecular complexity index is 842. The van der Waals surface area contributed by atoms with E-state index in [0.717, 1.165) is 36.7 Å². The summed E-state index contributed by atoms with van der Waals surface area (Å²) in [5.74, 6) is 0.0265. The molecule has 3 aromatic rings. The third kappa shape index (κ3) is 2.87. The van der Waals surface area contributed by atoms with Crippen LogP contribution >= 0.6 is 11.3 Å². The fourth-order valence-corrected chi connectivity index (χ4v) is 3.80. The van der Waals surface area contributed by atoms with E-state index in [1.54, 1.807) is 11.3 Å². The minimum atomic E-state index is 0.0265. The van der Waals surface area contributed by atoms with E-state index in [1.807, 2.05) is 46.3 Å². The van der Waals surface area contributed by atoms with Gasteiger partial charge in [-0.05, 0) is 25.5 Å². The van der Waals surface area contributed by atoms with E-state index in [9.17, 15) is 4.79 Å². The normalized spacial score (nSPS) is 15.7. The van der Waals surface area contributed by atoms with E-state index < -0.39 is 0 Å². The Hall–Kier alpha value is -2.41. The van der Waals surface area contributed by atoms with Crippen LogP contribution in [-0.2, 0) is 0 Å². The van der Waals surface area contributed by atoms with Gasteiger partial charge in [0.25, 0.3) is 5.91 Å². The average molecular weight is 341 g/mol. The Labute approximate surface area is 144 Å². The fourth-order valence-electron chi connectivity index (χ4n) is 3.10. The topological polar surface area (TPSA) is 53.7 Å². The van der Waals surface area contributed by atoms with Crippen LogP contribution in [0.1, 0.15) is 22.6 Å². The summed E-state index contributed by atoms with van der Waals surface area (Å²) in [6.07, 6.45) is 6.55. The molecule has 1 amide bonds. The number of hydrogen-bond acceptors (Lipinski definition) is 5. The Morgan fingerprint density at radius 3 is 3.00 bits per heavy atom. The summed E-state index contributed by atoms with van der Waals surface area (Å²) in [6.45, 7) is 5.26. The number of fused-ring (bicyclic) bond motifs is 1. The second kappa shape index (κ2) is 6.24. The summed E-state index contributed by atoms with van der Waals surface area (Å²) < 4.78 is 1.90. The zero-order valence-electron chi connectivity index (χ0n) is 13.6. The third-order valence-electron chi connectivity index (χ3n) is 4.34. The standard InChI is InChI=1S/C17H19N5OS/c1-13-11-14(3-4-18-13)20-5-2-6-21(8-7-20)16(23)15-12-22-9-10-24-17(22)19-15/h3-4,9-12H,2,5-8H2,1H3. The molecule has 6 nitrogen and oxygen atoms in total. The minimum Gasteiger partial charge on any atom is -0.370 e. The molecular weight excluding hydrogens is 322 g/mol. The van der Waals surface area contributed by atoms with E-state index in [1.165, 1.54) is 5.69 Å². The third-order valence-corrected chi connectivity index (χ3v) is 5.11. The molecule has 4 rings (SSSR count). The van der Waals surface area contributed by atoms with E-state index in [4.69, 9.17) is 0 Å². The maximum atomic E-state index is 12.7. The zero-order chi connectivity index (χ0) is 16.5. The molecule has 3 aromatic heterocycles. The largest absolute Gasteiger partial charge is 0.370 e. The lowest BCUT2D eigenvalue weighted by atomic mass is 10.3. The van der Waals surface area contributed by atoms with Gasteiger partial charge in [0.2, 0.25) is 0 Å². The first-order chi connectivity index (χ1) is 11.7. The maximum Gasteiger partial charge on any atom is 0.274 e. The summed E-state index contributed by atoms with van der Waals surface area (Å²) in [6, 6.07) is 4.13. The number of carbonyl (C=O) groups is 1. The van der Waals surface area contributed by atoms with Crippen molar-refractivity contribution in [1.29, 1.82) is 0 Å². The fraction of sp³-hybridized carbons (Fsp3) is 0.353. The van der Waals surface area contributed by atoms with Crippen molar-refractivity contribution in [2.45, 2.75) is 13.3 Å². The molecule has 0 spiro atoms. The molecule has 0 N–H and O–H groups in total. The van der Waals surface area contributed by atoms with Crippen molar-refractivity contribution in [3.8, 4) is 0 Å². The molecule has 0 saturated carbocycles. The number of imidazole rings is 1. The molecule has 24 heavy (non-hydrogen) atoms. The molecule has 0 aromatic carbocycles. The number of rotatable bonds is 2.